The Morgan fingerprint density at radius 2 is 1.89 bits per heavy atom. The van der Waals surface area contributed by atoms with Crippen LogP contribution in [0.25, 0.3) is 0 Å². The molecule has 0 saturated heterocycles. The quantitative estimate of drug-likeness (QED) is 0.381. The number of hydrogen-bond acceptors (Lipinski definition) is 3. The molecule has 0 radical (unpaired) electrons. The van der Waals surface area contributed by atoms with Crippen molar-refractivity contribution in [3.05, 3.63) is 0 Å². The van der Waals surface area contributed by atoms with Crippen molar-refractivity contribution in [3.63, 3.8) is 0 Å². The molecule has 9 heavy (non-hydrogen) atoms. The van der Waals surface area contributed by atoms with E-state index in [4.69, 9.17) is 0 Å². The average molecular weight is 247 g/mol. The third-order valence-corrected chi connectivity index (χ3v) is 4.10. The van der Waals surface area contributed by atoms with Gasteiger partial charge in [-0.25, -0.2) is 0 Å². The van der Waals surface area contributed by atoms with E-state index >= 15 is 0 Å². The zero-order chi connectivity index (χ0) is 7.49. The van der Waals surface area contributed by atoms with Crippen LogP contribution in [0.15, 0.2) is 0 Å². The van der Waals surface area contributed by atoms with Gasteiger partial charge in [0.1, 0.15) is 3.41 Å². The standard InChI is InChI=1S/C5H11BrS3/c1-2-3-4(6)5(7,8)9/h4,7-9H,2-3H2,1H3. The van der Waals surface area contributed by atoms with Crippen molar-refractivity contribution >= 4 is 53.8 Å². The molecule has 0 N–H and O–H groups in total. The molecule has 0 aliphatic heterocycles. The van der Waals surface area contributed by atoms with Crippen LogP contribution in [0.2, 0.25) is 0 Å². The van der Waals surface area contributed by atoms with E-state index in [1.165, 1.54) is 0 Å². The average Bonchev–Trinajstić information content (AvgIpc) is 1.64. The first-order chi connectivity index (χ1) is 3.98. The summed E-state index contributed by atoms with van der Waals surface area (Å²) in [5.41, 5.74) is 0. The van der Waals surface area contributed by atoms with Gasteiger partial charge < -0.3 is 0 Å². The second-order valence-corrected chi connectivity index (χ2v) is 6.22. The second-order valence-electron chi connectivity index (χ2n) is 1.94. The lowest BCUT2D eigenvalue weighted by Crippen LogP contribution is -2.18. The van der Waals surface area contributed by atoms with E-state index in [-0.39, 0.29) is 4.83 Å². The minimum Gasteiger partial charge on any atom is -0.150 e. The molecular formula is C5H11BrS3. The Balaban J connectivity index is 3.59. The number of halogens is 1. The van der Waals surface area contributed by atoms with Crippen molar-refractivity contribution in [1.82, 2.24) is 0 Å². The van der Waals surface area contributed by atoms with E-state index in [1.54, 1.807) is 0 Å². The van der Waals surface area contributed by atoms with Gasteiger partial charge in [0.25, 0.3) is 0 Å². The lowest BCUT2D eigenvalue weighted by molar-refractivity contribution is 0.778. The zero-order valence-electron chi connectivity index (χ0n) is 5.21. The maximum atomic E-state index is 4.17. The highest BCUT2D eigenvalue weighted by molar-refractivity contribution is 9.09. The maximum Gasteiger partial charge on any atom is 0.111 e. The lowest BCUT2D eigenvalue weighted by Gasteiger charge is -2.21. The largest absolute Gasteiger partial charge is 0.150 e. The van der Waals surface area contributed by atoms with Crippen LogP contribution in [0.3, 0.4) is 0 Å². The first-order valence-electron chi connectivity index (χ1n) is 2.79. The number of rotatable bonds is 3. The Labute approximate surface area is 81.5 Å². The maximum absolute atomic E-state index is 4.17. The minimum atomic E-state index is -0.490. The summed E-state index contributed by atoms with van der Waals surface area (Å²) in [5, 5.41) is 0. The Bertz CT molecular complexity index is 78.8. The van der Waals surface area contributed by atoms with Gasteiger partial charge in [0.05, 0.1) is 0 Å². The predicted molar refractivity (Wildman–Crippen MR) is 57.3 cm³/mol. The van der Waals surface area contributed by atoms with E-state index in [0.717, 1.165) is 12.8 Å². The summed E-state index contributed by atoms with van der Waals surface area (Å²) in [7, 11) is 0. The van der Waals surface area contributed by atoms with Crippen molar-refractivity contribution in [2.45, 2.75) is 28.0 Å². The number of thiol groups is 3. The van der Waals surface area contributed by atoms with Gasteiger partial charge in [-0.1, -0.05) is 29.3 Å². The molecule has 0 heterocycles. The molecule has 0 aromatic carbocycles. The third kappa shape index (κ3) is 4.87. The van der Waals surface area contributed by atoms with E-state index in [2.05, 4.69) is 60.7 Å². The first-order valence-corrected chi connectivity index (χ1v) is 5.05. The molecule has 0 aromatic rings. The van der Waals surface area contributed by atoms with Gasteiger partial charge in [0, 0.05) is 4.83 Å². The molecule has 0 nitrogen and oxygen atoms in total. The summed E-state index contributed by atoms with van der Waals surface area (Å²) >= 11 is 15.9. The van der Waals surface area contributed by atoms with Crippen molar-refractivity contribution in [2.75, 3.05) is 0 Å². The third-order valence-electron chi connectivity index (χ3n) is 0.962. The highest BCUT2D eigenvalue weighted by atomic mass is 79.9. The van der Waals surface area contributed by atoms with E-state index in [0.29, 0.717) is 0 Å². The number of alkyl halides is 1. The van der Waals surface area contributed by atoms with Crippen LogP contribution in [0.1, 0.15) is 19.8 Å². The van der Waals surface area contributed by atoms with Crippen molar-refractivity contribution in [1.29, 1.82) is 0 Å². The van der Waals surface area contributed by atoms with Gasteiger partial charge in [0.15, 0.2) is 0 Å². The molecule has 4 heteroatoms. The minimum absolute atomic E-state index is 0.269. The first kappa shape index (κ1) is 10.5. The van der Waals surface area contributed by atoms with Gasteiger partial charge in [0.2, 0.25) is 0 Å². The summed E-state index contributed by atoms with van der Waals surface area (Å²) in [4.78, 5) is 0.269. The molecule has 0 saturated carbocycles. The van der Waals surface area contributed by atoms with E-state index in [9.17, 15) is 0 Å². The topological polar surface area (TPSA) is 0 Å². The normalized spacial score (nSPS) is 15.7. The fourth-order valence-corrected chi connectivity index (χ4v) is 1.29. The van der Waals surface area contributed by atoms with E-state index < -0.39 is 3.41 Å². The van der Waals surface area contributed by atoms with Crippen molar-refractivity contribution < 1.29 is 0 Å². The van der Waals surface area contributed by atoms with Crippen LogP contribution >= 0.6 is 53.8 Å². The number of hydrogen-bond donors (Lipinski definition) is 3. The molecule has 1 atom stereocenters. The monoisotopic (exact) mass is 246 g/mol. The highest BCUT2D eigenvalue weighted by Gasteiger charge is 2.23. The van der Waals surface area contributed by atoms with Crippen LogP contribution in [0.4, 0.5) is 0 Å². The second kappa shape index (κ2) is 4.42. The van der Waals surface area contributed by atoms with Crippen LogP contribution in [-0.2, 0) is 0 Å². The molecule has 0 rings (SSSR count). The van der Waals surface area contributed by atoms with Crippen LogP contribution in [0.5, 0.6) is 0 Å². The summed E-state index contributed by atoms with van der Waals surface area (Å²) in [6.07, 6.45) is 2.18. The summed E-state index contributed by atoms with van der Waals surface area (Å²) < 4.78 is -0.490. The van der Waals surface area contributed by atoms with Crippen LogP contribution in [-0.4, -0.2) is 8.24 Å². The molecule has 0 spiro atoms. The van der Waals surface area contributed by atoms with Crippen molar-refractivity contribution in [3.8, 4) is 0 Å². The molecule has 0 aromatic heterocycles. The predicted octanol–water partition coefficient (Wildman–Crippen LogP) is 2.99. The Morgan fingerprint density at radius 1 is 1.44 bits per heavy atom. The molecule has 0 amide bonds. The molecule has 56 valence electrons. The summed E-state index contributed by atoms with van der Waals surface area (Å²) in [6, 6.07) is 0. The van der Waals surface area contributed by atoms with Gasteiger partial charge in [-0.05, 0) is 6.42 Å². The van der Waals surface area contributed by atoms with E-state index in [1.807, 2.05) is 0 Å². The Morgan fingerprint density at radius 3 is 2.00 bits per heavy atom. The molecule has 0 aliphatic carbocycles. The van der Waals surface area contributed by atoms with Gasteiger partial charge in [-0.15, -0.1) is 0 Å². The summed E-state index contributed by atoms with van der Waals surface area (Å²) in [5.74, 6) is 0. The fraction of sp³-hybridized carbons (Fsp3) is 1.00. The van der Waals surface area contributed by atoms with Gasteiger partial charge in [-0.2, -0.15) is 37.9 Å². The molecule has 1 unspecified atom stereocenters. The molecule has 0 aliphatic rings. The van der Waals surface area contributed by atoms with Gasteiger partial charge >= 0.3 is 0 Å². The Kier molecular flexibility index (Phi) is 5.17. The van der Waals surface area contributed by atoms with Crippen molar-refractivity contribution in [2.24, 2.45) is 0 Å². The van der Waals surface area contributed by atoms with Crippen LogP contribution in [0, 0.1) is 0 Å². The van der Waals surface area contributed by atoms with Crippen LogP contribution < -0.4 is 0 Å². The molecular weight excluding hydrogens is 236 g/mol. The molecule has 0 bridgehead atoms. The lowest BCUT2D eigenvalue weighted by atomic mass is 10.3. The fourth-order valence-electron chi connectivity index (χ4n) is 0.447. The SMILES string of the molecule is CCCC(Br)C(S)(S)S. The molecule has 0 fully saturated rings. The summed E-state index contributed by atoms with van der Waals surface area (Å²) in [6.45, 7) is 2.12. The highest BCUT2D eigenvalue weighted by Crippen LogP contribution is 2.35. The Hall–Kier alpha value is 1.53. The zero-order valence-corrected chi connectivity index (χ0v) is 9.48. The smallest absolute Gasteiger partial charge is 0.111 e. The van der Waals surface area contributed by atoms with Gasteiger partial charge in [-0.3, -0.25) is 0 Å².